The van der Waals surface area contributed by atoms with Crippen LogP contribution >= 0.6 is 0 Å². The fourth-order valence-electron chi connectivity index (χ4n) is 2.26. The molecule has 140 valence electrons. The van der Waals surface area contributed by atoms with Gasteiger partial charge in [0.2, 0.25) is 0 Å². The number of benzene rings is 1. The number of nitrogens with one attached hydrogen (secondary N) is 2. The van der Waals surface area contributed by atoms with E-state index in [-0.39, 0.29) is 18.0 Å². The number of urea groups is 1. The lowest BCUT2D eigenvalue weighted by Crippen LogP contribution is -2.44. The zero-order chi connectivity index (χ0) is 19.0. The zero-order valence-corrected chi connectivity index (χ0v) is 16.1. The molecule has 3 amide bonds. The summed E-state index contributed by atoms with van der Waals surface area (Å²) >= 11 is 0. The van der Waals surface area contributed by atoms with Crippen LogP contribution in [0, 0.1) is 5.92 Å². The van der Waals surface area contributed by atoms with E-state index in [9.17, 15) is 9.59 Å². The van der Waals surface area contributed by atoms with Crippen molar-refractivity contribution in [3.05, 3.63) is 35.9 Å². The van der Waals surface area contributed by atoms with Gasteiger partial charge in [-0.05, 0) is 32.3 Å². The van der Waals surface area contributed by atoms with Gasteiger partial charge < -0.3 is 20.3 Å². The van der Waals surface area contributed by atoms with Crippen LogP contribution in [0.2, 0.25) is 0 Å². The molecule has 0 fully saturated rings. The first-order valence-corrected chi connectivity index (χ1v) is 8.63. The lowest BCUT2D eigenvalue weighted by molar-refractivity contribution is 0.0301. The molecule has 0 aliphatic rings. The van der Waals surface area contributed by atoms with E-state index in [4.69, 9.17) is 4.74 Å². The Balaban J connectivity index is 2.44. The Bertz CT molecular complexity index is 553. The van der Waals surface area contributed by atoms with Crippen LogP contribution in [0.15, 0.2) is 30.3 Å². The van der Waals surface area contributed by atoms with Crippen LogP contribution < -0.4 is 10.6 Å². The SMILES string of the molecule is CC(C)C(NC(=O)NCCN(C)C(=O)OC(C)(C)C)c1ccccc1. The third kappa shape index (κ3) is 7.92. The van der Waals surface area contributed by atoms with Crippen molar-refractivity contribution in [2.24, 2.45) is 5.92 Å². The van der Waals surface area contributed by atoms with E-state index >= 15 is 0 Å². The van der Waals surface area contributed by atoms with Crippen molar-refractivity contribution in [1.29, 1.82) is 0 Å². The van der Waals surface area contributed by atoms with Crippen LogP contribution in [0.3, 0.4) is 0 Å². The molecule has 1 unspecified atom stereocenters. The first-order chi connectivity index (χ1) is 11.6. The molecule has 1 aromatic carbocycles. The molecule has 1 atom stereocenters. The van der Waals surface area contributed by atoms with Crippen LogP contribution in [0.25, 0.3) is 0 Å². The third-order valence-electron chi connectivity index (χ3n) is 3.55. The molecule has 0 saturated heterocycles. The van der Waals surface area contributed by atoms with Crippen molar-refractivity contribution in [3.63, 3.8) is 0 Å². The highest BCUT2D eigenvalue weighted by Crippen LogP contribution is 2.20. The Kier molecular flexibility index (Phi) is 7.74. The molecule has 0 radical (unpaired) electrons. The summed E-state index contributed by atoms with van der Waals surface area (Å²) in [5.74, 6) is 0.262. The number of likely N-dealkylation sites (N-methyl/N-ethyl adjacent to an activating group) is 1. The van der Waals surface area contributed by atoms with Gasteiger partial charge >= 0.3 is 12.1 Å². The van der Waals surface area contributed by atoms with Gasteiger partial charge in [-0.15, -0.1) is 0 Å². The molecule has 2 N–H and O–H groups in total. The van der Waals surface area contributed by atoms with Gasteiger partial charge in [-0.2, -0.15) is 0 Å². The molecule has 0 spiro atoms. The number of amides is 3. The summed E-state index contributed by atoms with van der Waals surface area (Å²) < 4.78 is 5.27. The Labute approximate surface area is 150 Å². The molecule has 0 aromatic heterocycles. The van der Waals surface area contributed by atoms with Crippen molar-refractivity contribution < 1.29 is 14.3 Å². The van der Waals surface area contributed by atoms with Crippen LogP contribution in [0.1, 0.15) is 46.2 Å². The van der Waals surface area contributed by atoms with Crippen LogP contribution in [0.4, 0.5) is 9.59 Å². The predicted octanol–water partition coefficient (Wildman–Crippen LogP) is 3.55. The second kappa shape index (κ2) is 9.30. The monoisotopic (exact) mass is 349 g/mol. The third-order valence-corrected chi connectivity index (χ3v) is 3.55. The Hall–Kier alpha value is -2.24. The number of carbonyl (C=O) groups excluding carboxylic acids is 2. The van der Waals surface area contributed by atoms with Gasteiger partial charge in [0.1, 0.15) is 5.60 Å². The first kappa shape index (κ1) is 20.8. The van der Waals surface area contributed by atoms with Gasteiger partial charge in [-0.25, -0.2) is 9.59 Å². The molecule has 0 aliphatic carbocycles. The minimum atomic E-state index is -0.531. The fraction of sp³-hybridized carbons (Fsp3) is 0.579. The summed E-state index contributed by atoms with van der Waals surface area (Å²) in [5.41, 5.74) is 0.537. The van der Waals surface area contributed by atoms with Crippen LogP contribution in [0.5, 0.6) is 0 Å². The molecule has 25 heavy (non-hydrogen) atoms. The van der Waals surface area contributed by atoms with Gasteiger partial charge in [-0.1, -0.05) is 44.2 Å². The number of ether oxygens (including phenoxy) is 1. The van der Waals surface area contributed by atoms with Crippen molar-refractivity contribution in [2.75, 3.05) is 20.1 Å². The number of nitrogens with zero attached hydrogens (tertiary/aromatic N) is 1. The standard InChI is InChI=1S/C19H31N3O3/c1-14(2)16(15-10-8-7-9-11-15)21-17(23)20-12-13-22(6)18(24)25-19(3,4)5/h7-11,14,16H,12-13H2,1-6H3,(H2,20,21,23). The van der Waals surface area contributed by atoms with E-state index in [1.165, 1.54) is 4.90 Å². The molecule has 0 bridgehead atoms. The van der Waals surface area contributed by atoms with E-state index < -0.39 is 11.7 Å². The molecule has 1 aromatic rings. The minimum Gasteiger partial charge on any atom is -0.444 e. The smallest absolute Gasteiger partial charge is 0.410 e. The Morgan fingerprint density at radius 2 is 1.76 bits per heavy atom. The maximum atomic E-state index is 12.2. The van der Waals surface area contributed by atoms with Crippen molar-refractivity contribution in [1.82, 2.24) is 15.5 Å². The highest BCUT2D eigenvalue weighted by atomic mass is 16.6. The first-order valence-electron chi connectivity index (χ1n) is 8.63. The highest BCUT2D eigenvalue weighted by molar-refractivity contribution is 5.74. The van der Waals surface area contributed by atoms with E-state index in [0.717, 1.165) is 5.56 Å². The fourth-order valence-corrected chi connectivity index (χ4v) is 2.26. The summed E-state index contributed by atoms with van der Waals surface area (Å²) in [7, 11) is 1.65. The average molecular weight is 349 g/mol. The quantitative estimate of drug-likeness (QED) is 0.825. The molecular formula is C19H31N3O3. The van der Waals surface area contributed by atoms with Gasteiger partial charge in [0.15, 0.2) is 0 Å². The zero-order valence-electron chi connectivity index (χ0n) is 16.1. The lowest BCUT2D eigenvalue weighted by Gasteiger charge is -2.25. The van der Waals surface area contributed by atoms with E-state index in [1.807, 2.05) is 51.1 Å². The number of hydrogen-bond donors (Lipinski definition) is 2. The molecule has 1 rings (SSSR count). The predicted molar refractivity (Wildman–Crippen MR) is 99.4 cm³/mol. The maximum Gasteiger partial charge on any atom is 0.410 e. The highest BCUT2D eigenvalue weighted by Gasteiger charge is 2.20. The maximum absolute atomic E-state index is 12.2. The topological polar surface area (TPSA) is 70.7 Å². The summed E-state index contributed by atoms with van der Waals surface area (Å²) in [6.45, 7) is 10.3. The second-order valence-electron chi connectivity index (χ2n) is 7.43. The number of rotatable bonds is 6. The summed E-state index contributed by atoms with van der Waals surface area (Å²) in [6.07, 6.45) is -0.404. The summed E-state index contributed by atoms with van der Waals surface area (Å²) in [6, 6.07) is 9.56. The summed E-state index contributed by atoms with van der Waals surface area (Å²) in [4.78, 5) is 25.5. The largest absolute Gasteiger partial charge is 0.444 e. The number of carbonyl (C=O) groups is 2. The van der Waals surface area contributed by atoms with E-state index in [0.29, 0.717) is 13.1 Å². The van der Waals surface area contributed by atoms with Crippen molar-refractivity contribution in [2.45, 2.75) is 46.3 Å². The molecule has 6 nitrogen and oxygen atoms in total. The van der Waals surface area contributed by atoms with Gasteiger partial charge in [-0.3, -0.25) is 0 Å². The van der Waals surface area contributed by atoms with Crippen LogP contribution in [-0.4, -0.2) is 42.8 Å². The minimum absolute atomic E-state index is 0.0650. The lowest BCUT2D eigenvalue weighted by atomic mass is 9.96. The molecule has 0 aliphatic heterocycles. The normalized spacial score (nSPS) is 12.4. The van der Waals surface area contributed by atoms with E-state index in [1.54, 1.807) is 7.05 Å². The van der Waals surface area contributed by atoms with Gasteiger partial charge in [0.25, 0.3) is 0 Å². The Morgan fingerprint density at radius 3 is 2.28 bits per heavy atom. The molecule has 0 heterocycles. The van der Waals surface area contributed by atoms with Crippen LogP contribution in [-0.2, 0) is 4.74 Å². The van der Waals surface area contributed by atoms with Gasteiger partial charge in [0, 0.05) is 20.1 Å². The Morgan fingerprint density at radius 1 is 1.16 bits per heavy atom. The van der Waals surface area contributed by atoms with Crippen molar-refractivity contribution >= 4 is 12.1 Å². The average Bonchev–Trinajstić information content (AvgIpc) is 2.51. The second-order valence-corrected chi connectivity index (χ2v) is 7.43. The van der Waals surface area contributed by atoms with Gasteiger partial charge in [0.05, 0.1) is 6.04 Å². The molecular weight excluding hydrogens is 318 g/mol. The van der Waals surface area contributed by atoms with Crippen molar-refractivity contribution in [3.8, 4) is 0 Å². The molecule has 6 heteroatoms. The number of hydrogen-bond acceptors (Lipinski definition) is 3. The summed E-state index contributed by atoms with van der Waals surface area (Å²) in [5, 5.41) is 5.78. The molecule has 0 saturated carbocycles. The van der Waals surface area contributed by atoms with E-state index in [2.05, 4.69) is 24.5 Å².